The maximum atomic E-state index is 14.2. The van der Waals surface area contributed by atoms with Crippen LogP contribution in [-0.2, 0) is 14.3 Å². The van der Waals surface area contributed by atoms with E-state index in [2.05, 4.69) is 13.8 Å². The monoisotopic (exact) mass is 802 g/mol. The van der Waals surface area contributed by atoms with Gasteiger partial charge in [-0.05, 0) is 124 Å². The summed E-state index contributed by atoms with van der Waals surface area (Å²) in [5, 5.41) is 0. The summed E-state index contributed by atoms with van der Waals surface area (Å²) in [6.45, 7) is 6.14. The fourth-order valence-corrected chi connectivity index (χ4v) is 13.0. The minimum atomic E-state index is -0.569. The highest BCUT2D eigenvalue weighted by Crippen LogP contribution is 2.68. The second-order valence-corrected chi connectivity index (χ2v) is 18.6. The first-order valence-electron chi connectivity index (χ1n) is 21.4. The highest BCUT2D eigenvalue weighted by molar-refractivity contribution is 6.29. The quantitative estimate of drug-likeness (QED) is 0.157. The Bertz CT molecular complexity index is 2600. The standard InChI is InChI=1S/C51H46O9/c1-26(52)40-18-19-41-37-17-14-29-24-30(59-48(57)27-12-15-35-38(22-27)46(55)33-10-6-4-8-31(33)44(35)53)20-21-50(29,2)42(37)25-43(51(40,41)3)60-49(58)28-13-16-36-39(23-28)47(56)34-11-7-5-9-32(34)45(36)54/h4-13,15-16,22-23,29-30,37,40-43H,14,17-21,24-25H2,1-3H3/t29-,30-,37+,40-,41+,42+,43+,50-,51-/m0/s1. The summed E-state index contributed by atoms with van der Waals surface area (Å²) in [4.78, 5) is 94.5. The summed E-state index contributed by atoms with van der Waals surface area (Å²) >= 11 is 0. The lowest BCUT2D eigenvalue weighted by atomic mass is 9.44. The molecule has 4 saturated carbocycles. The van der Waals surface area contributed by atoms with Crippen molar-refractivity contribution in [3.05, 3.63) is 141 Å². The van der Waals surface area contributed by atoms with Gasteiger partial charge in [0.15, 0.2) is 23.1 Å². The summed E-state index contributed by atoms with van der Waals surface area (Å²) in [7, 11) is 0. The first-order valence-corrected chi connectivity index (χ1v) is 21.4. The molecular weight excluding hydrogens is 757 g/mol. The molecule has 0 aliphatic heterocycles. The molecular formula is C51H46O9. The molecule has 10 rings (SSSR count). The molecule has 0 heterocycles. The fourth-order valence-electron chi connectivity index (χ4n) is 13.0. The molecule has 9 atom stereocenters. The topological polar surface area (TPSA) is 138 Å². The Balaban J connectivity index is 0.881. The number of carbonyl (C=O) groups is 7. The minimum Gasteiger partial charge on any atom is -0.459 e. The molecule has 9 heteroatoms. The summed E-state index contributed by atoms with van der Waals surface area (Å²) in [6.07, 6.45) is 5.47. The maximum Gasteiger partial charge on any atom is 0.338 e. The van der Waals surface area contributed by atoms with Gasteiger partial charge in [0, 0.05) is 55.8 Å². The Morgan fingerprint density at radius 1 is 0.550 bits per heavy atom. The van der Waals surface area contributed by atoms with Crippen LogP contribution in [0.3, 0.4) is 0 Å². The van der Waals surface area contributed by atoms with E-state index in [9.17, 15) is 33.6 Å². The van der Waals surface area contributed by atoms with Crippen LogP contribution in [0.25, 0.3) is 0 Å². The Morgan fingerprint density at radius 3 is 1.58 bits per heavy atom. The molecule has 0 spiro atoms. The zero-order chi connectivity index (χ0) is 41.8. The van der Waals surface area contributed by atoms with Crippen LogP contribution in [-0.4, -0.2) is 53.1 Å². The van der Waals surface area contributed by atoms with Gasteiger partial charge in [0.25, 0.3) is 0 Å². The van der Waals surface area contributed by atoms with Crippen LogP contribution in [0.2, 0.25) is 0 Å². The van der Waals surface area contributed by atoms with Crippen molar-refractivity contribution < 1.29 is 43.0 Å². The Kier molecular flexibility index (Phi) is 8.87. The van der Waals surface area contributed by atoms with Gasteiger partial charge in [0.05, 0.1) is 11.1 Å². The molecule has 0 N–H and O–H groups in total. The number of Topliss-reactive ketones (excluding diaryl/α,β-unsaturated/α-hetero) is 1. The third kappa shape index (κ3) is 5.60. The zero-order valence-electron chi connectivity index (χ0n) is 34.0. The van der Waals surface area contributed by atoms with Crippen molar-refractivity contribution in [2.24, 2.45) is 40.4 Å². The fraction of sp³-hybridized carbons (Fsp3) is 0.392. The van der Waals surface area contributed by atoms with E-state index in [0.717, 1.165) is 32.1 Å². The van der Waals surface area contributed by atoms with Crippen LogP contribution in [0.1, 0.15) is 157 Å². The highest BCUT2D eigenvalue weighted by Gasteiger charge is 2.65. The van der Waals surface area contributed by atoms with Crippen LogP contribution in [0.15, 0.2) is 84.9 Å². The highest BCUT2D eigenvalue weighted by atomic mass is 16.5. The lowest BCUT2D eigenvalue weighted by Crippen LogP contribution is -2.59. The Hall–Kier alpha value is -5.83. The number of ether oxygens (including phenoxy) is 2. The van der Waals surface area contributed by atoms with Crippen molar-refractivity contribution in [1.82, 2.24) is 0 Å². The summed E-state index contributed by atoms with van der Waals surface area (Å²) in [5.74, 6) is -1.32. The van der Waals surface area contributed by atoms with Gasteiger partial charge >= 0.3 is 11.9 Å². The molecule has 0 radical (unpaired) electrons. The van der Waals surface area contributed by atoms with E-state index in [1.807, 2.05) is 0 Å². The maximum absolute atomic E-state index is 14.2. The van der Waals surface area contributed by atoms with Gasteiger partial charge in [-0.3, -0.25) is 24.0 Å². The average molecular weight is 803 g/mol. The number of ketones is 5. The van der Waals surface area contributed by atoms with Crippen molar-refractivity contribution in [2.45, 2.75) is 84.3 Å². The number of hydrogen-bond donors (Lipinski definition) is 0. The van der Waals surface area contributed by atoms with E-state index in [-0.39, 0.29) is 97.5 Å². The number of rotatable bonds is 5. The second kappa shape index (κ2) is 13.9. The van der Waals surface area contributed by atoms with Gasteiger partial charge in [0.2, 0.25) is 0 Å². The molecule has 4 fully saturated rings. The number of hydrogen-bond acceptors (Lipinski definition) is 9. The molecule has 6 aliphatic rings. The molecule has 4 aromatic carbocycles. The molecule has 0 bridgehead atoms. The molecule has 4 aromatic rings. The van der Waals surface area contributed by atoms with E-state index in [1.54, 1.807) is 79.7 Å². The lowest BCUT2D eigenvalue weighted by Gasteiger charge is -2.62. The van der Waals surface area contributed by atoms with E-state index < -0.39 is 23.5 Å². The predicted molar refractivity (Wildman–Crippen MR) is 219 cm³/mol. The van der Waals surface area contributed by atoms with Crippen molar-refractivity contribution >= 4 is 40.9 Å². The SMILES string of the molecule is CC(=O)[C@@H]1CC[C@@H]2[C@H]3CC[C@H]4C[C@@H](OC(=O)c5ccc6c(c5)C(=O)c5ccccc5C6=O)CC[C@]4(C)[C@@H]3C[C@@H](OC(=O)c3ccc4c(c3)C(=O)c3ccccc3C4=O)[C@]21C. The summed E-state index contributed by atoms with van der Waals surface area (Å²) < 4.78 is 12.7. The first kappa shape index (κ1) is 38.4. The van der Waals surface area contributed by atoms with Gasteiger partial charge in [-0.25, -0.2) is 9.59 Å². The van der Waals surface area contributed by atoms with Gasteiger partial charge in [0.1, 0.15) is 18.0 Å². The smallest absolute Gasteiger partial charge is 0.338 e. The van der Waals surface area contributed by atoms with Crippen molar-refractivity contribution in [3.8, 4) is 0 Å². The minimum absolute atomic E-state index is 0.109. The Labute approximate surface area is 348 Å². The summed E-state index contributed by atoms with van der Waals surface area (Å²) in [6, 6.07) is 22.6. The van der Waals surface area contributed by atoms with Crippen LogP contribution >= 0.6 is 0 Å². The molecule has 0 amide bonds. The predicted octanol–water partition coefficient (Wildman–Crippen LogP) is 8.85. The molecule has 0 unspecified atom stereocenters. The number of benzene rings is 4. The van der Waals surface area contributed by atoms with E-state index in [4.69, 9.17) is 9.47 Å². The molecule has 60 heavy (non-hydrogen) atoms. The third-order valence-electron chi connectivity index (χ3n) is 16.0. The Morgan fingerprint density at radius 2 is 1.05 bits per heavy atom. The number of fused-ring (bicyclic) bond motifs is 9. The lowest BCUT2D eigenvalue weighted by molar-refractivity contribution is -0.175. The average Bonchev–Trinajstić information content (AvgIpc) is 3.63. The van der Waals surface area contributed by atoms with Gasteiger partial charge in [-0.15, -0.1) is 0 Å². The number of esters is 2. The molecule has 0 aromatic heterocycles. The zero-order valence-corrected chi connectivity index (χ0v) is 34.0. The second-order valence-electron chi connectivity index (χ2n) is 18.6. The summed E-state index contributed by atoms with van der Waals surface area (Å²) in [5.41, 5.74) is 2.06. The van der Waals surface area contributed by atoms with Gasteiger partial charge in [-0.2, -0.15) is 0 Å². The molecule has 9 nitrogen and oxygen atoms in total. The van der Waals surface area contributed by atoms with Crippen LogP contribution < -0.4 is 0 Å². The molecule has 0 saturated heterocycles. The van der Waals surface area contributed by atoms with Crippen molar-refractivity contribution in [3.63, 3.8) is 0 Å². The third-order valence-corrected chi connectivity index (χ3v) is 16.0. The van der Waals surface area contributed by atoms with Crippen molar-refractivity contribution in [2.75, 3.05) is 0 Å². The van der Waals surface area contributed by atoms with E-state index >= 15 is 0 Å². The largest absolute Gasteiger partial charge is 0.459 e. The molecule has 304 valence electrons. The van der Waals surface area contributed by atoms with E-state index in [1.165, 1.54) is 12.1 Å². The van der Waals surface area contributed by atoms with Crippen LogP contribution in [0.5, 0.6) is 0 Å². The van der Waals surface area contributed by atoms with Crippen molar-refractivity contribution in [1.29, 1.82) is 0 Å². The van der Waals surface area contributed by atoms with E-state index in [0.29, 0.717) is 47.4 Å². The molecule has 6 aliphatic carbocycles. The van der Waals surface area contributed by atoms with Crippen LogP contribution in [0, 0.1) is 40.4 Å². The van der Waals surface area contributed by atoms with Gasteiger partial charge in [-0.1, -0.05) is 62.4 Å². The first-order chi connectivity index (χ1) is 28.8. The number of carbonyl (C=O) groups excluding carboxylic acids is 7. The normalized spacial score (nSPS) is 31.0. The van der Waals surface area contributed by atoms with Gasteiger partial charge < -0.3 is 9.47 Å². The van der Waals surface area contributed by atoms with Crippen LogP contribution in [0.4, 0.5) is 0 Å².